The Balaban J connectivity index is 1.65. The minimum absolute atomic E-state index is 0.281. The quantitative estimate of drug-likeness (QED) is 0.538. The number of para-hydroxylation sites is 1. The molecule has 0 atom stereocenters. The number of methoxy groups -OCH3 is 1. The Morgan fingerprint density at radius 3 is 2.19 bits per heavy atom. The highest BCUT2D eigenvalue weighted by Gasteiger charge is 2.12. The average Bonchev–Trinajstić information content (AvgIpc) is 2.69. The van der Waals surface area contributed by atoms with Gasteiger partial charge in [-0.3, -0.25) is 4.79 Å². The van der Waals surface area contributed by atoms with Crippen LogP contribution < -0.4 is 14.8 Å². The summed E-state index contributed by atoms with van der Waals surface area (Å²) in [5.74, 6) is 0.187. The van der Waals surface area contributed by atoms with Crippen molar-refractivity contribution in [2.75, 3.05) is 12.4 Å². The molecule has 1 N–H and O–H groups in total. The van der Waals surface area contributed by atoms with E-state index in [9.17, 15) is 9.59 Å². The van der Waals surface area contributed by atoms with Crippen LogP contribution in [-0.4, -0.2) is 19.0 Å². The Morgan fingerprint density at radius 1 is 0.852 bits per heavy atom. The van der Waals surface area contributed by atoms with Gasteiger partial charge in [0, 0.05) is 5.69 Å². The largest absolute Gasteiger partial charge is 0.496 e. The van der Waals surface area contributed by atoms with Crippen molar-refractivity contribution in [1.29, 1.82) is 0 Å². The third-order valence-corrected chi connectivity index (χ3v) is 3.96. The van der Waals surface area contributed by atoms with Gasteiger partial charge in [0.1, 0.15) is 11.5 Å². The summed E-state index contributed by atoms with van der Waals surface area (Å²) in [4.78, 5) is 24.5. The molecule has 0 aromatic heterocycles. The van der Waals surface area contributed by atoms with Crippen molar-refractivity contribution in [2.24, 2.45) is 0 Å². The molecule has 1 amide bonds. The lowest BCUT2D eigenvalue weighted by Crippen LogP contribution is -2.13. The number of carbonyl (C=O) groups excluding carboxylic acids is 2. The molecule has 0 aliphatic carbocycles. The van der Waals surface area contributed by atoms with Crippen LogP contribution in [0.4, 0.5) is 5.69 Å². The predicted octanol–water partition coefficient (Wildman–Crippen LogP) is 4.48. The van der Waals surface area contributed by atoms with E-state index in [4.69, 9.17) is 9.47 Å². The van der Waals surface area contributed by atoms with Gasteiger partial charge >= 0.3 is 5.97 Å². The third kappa shape index (κ3) is 4.52. The van der Waals surface area contributed by atoms with Gasteiger partial charge in [0.2, 0.25) is 0 Å². The molecule has 3 aromatic rings. The van der Waals surface area contributed by atoms with Gasteiger partial charge in [0.05, 0.1) is 18.2 Å². The fraction of sp³-hybridized carbons (Fsp3) is 0.0909. The monoisotopic (exact) mass is 361 g/mol. The SMILES string of the molecule is COc1ccccc1C(=O)Nc1ccc(OC(=O)c2ccc(C)cc2)cc1. The second-order valence-electron chi connectivity index (χ2n) is 5.93. The Kier molecular flexibility index (Phi) is 5.52. The van der Waals surface area contributed by atoms with E-state index in [1.807, 2.05) is 19.1 Å². The van der Waals surface area contributed by atoms with Crippen molar-refractivity contribution >= 4 is 17.6 Å². The third-order valence-electron chi connectivity index (χ3n) is 3.96. The van der Waals surface area contributed by atoms with Crippen LogP contribution >= 0.6 is 0 Å². The predicted molar refractivity (Wildman–Crippen MR) is 104 cm³/mol. The number of nitrogens with one attached hydrogen (secondary N) is 1. The maximum Gasteiger partial charge on any atom is 0.343 e. The van der Waals surface area contributed by atoms with Gasteiger partial charge in [-0.15, -0.1) is 0 Å². The van der Waals surface area contributed by atoms with Crippen LogP contribution in [0.25, 0.3) is 0 Å². The van der Waals surface area contributed by atoms with Gasteiger partial charge < -0.3 is 14.8 Å². The molecule has 0 radical (unpaired) electrons. The normalized spacial score (nSPS) is 10.1. The molecule has 0 heterocycles. The number of aryl methyl sites for hydroxylation is 1. The Morgan fingerprint density at radius 2 is 1.52 bits per heavy atom. The van der Waals surface area contributed by atoms with E-state index in [-0.39, 0.29) is 5.91 Å². The van der Waals surface area contributed by atoms with Crippen molar-refractivity contribution in [1.82, 2.24) is 0 Å². The number of hydrogen-bond donors (Lipinski definition) is 1. The van der Waals surface area contributed by atoms with Crippen molar-refractivity contribution in [3.63, 3.8) is 0 Å². The van der Waals surface area contributed by atoms with Crippen LogP contribution in [0.5, 0.6) is 11.5 Å². The van der Waals surface area contributed by atoms with Crippen LogP contribution in [0.3, 0.4) is 0 Å². The Hall–Kier alpha value is -3.60. The smallest absolute Gasteiger partial charge is 0.343 e. The molecule has 0 bridgehead atoms. The van der Waals surface area contributed by atoms with Gasteiger partial charge in [0.25, 0.3) is 5.91 Å². The van der Waals surface area contributed by atoms with Crippen molar-refractivity contribution in [3.8, 4) is 11.5 Å². The number of amides is 1. The number of hydrogen-bond acceptors (Lipinski definition) is 4. The van der Waals surface area contributed by atoms with Crippen molar-refractivity contribution in [3.05, 3.63) is 89.5 Å². The second-order valence-corrected chi connectivity index (χ2v) is 5.93. The molecule has 0 aliphatic rings. The lowest BCUT2D eigenvalue weighted by molar-refractivity contribution is 0.0734. The summed E-state index contributed by atoms with van der Waals surface area (Å²) in [6, 6.07) is 20.7. The number of esters is 1. The molecule has 0 saturated carbocycles. The zero-order valence-corrected chi connectivity index (χ0v) is 15.1. The fourth-order valence-electron chi connectivity index (χ4n) is 2.49. The summed E-state index contributed by atoms with van der Waals surface area (Å²) in [7, 11) is 1.52. The topological polar surface area (TPSA) is 64.6 Å². The first kappa shape index (κ1) is 18.2. The summed E-state index contributed by atoms with van der Waals surface area (Å²) >= 11 is 0. The molecule has 0 unspecified atom stereocenters. The van der Waals surface area contributed by atoms with Gasteiger partial charge in [0.15, 0.2) is 0 Å². The summed E-state index contributed by atoms with van der Waals surface area (Å²) < 4.78 is 10.5. The van der Waals surface area contributed by atoms with Crippen LogP contribution in [0, 0.1) is 6.92 Å². The molecular formula is C22H19NO4. The number of ether oxygens (including phenoxy) is 2. The van der Waals surface area contributed by atoms with Gasteiger partial charge in [-0.1, -0.05) is 29.8 Å². The number of rotatable bonds is 5. The van der Waals surface area contributed by atoms with Crippen LogP contribution in [0.1, 0.15) is 26.3 Å². The van der Waals surface area contributed by atoms with Gasteiger partial charge in [-0.05, 0) is 55.5 Å². The molecule has 0 aliphatic heterocycles. The van der Waals surface area contributed by atoms with Crippen LogP contribution in [0.2, 0.25) is 0 Å². The van der Waals surface area contributed by atoms with Crippen LogP contribution in [-0.2, 0) is 0 Å². The number of anilines is 1. The zero-order chi connectivity index (χ0) is 19.2. The maximum atomic E-state index is 12.4. The standard InChI is InChI=1S/C22H19NO4/c1-15-7-9-16(10-8-15)22(25)27-18-13-11-17(12-14-18)23-21(24)19-5-3-4-6-20(19)26-2/h3-14H,1-2H3,(H,23,24). The molecule has 27 heavy (non-hydrogen) atoms. The van der Waals surface area contributed by atoms with E-state index in [2.05, 4.69) is 5.32 Å². The highest BCUT2D eigenvalue weighted by Crippen LogP contribution is 2.21. The van der Waals surface area contributed by atoms with E-state index in [1.165, 1.54) is 7.11 Å². The second kappa shape index (κ2) is 8.19. The highest BCUT2D eigenvalue weighted by atomic mass is 16.5. The maximum absolute atomic E-state index is 12.4. The minimum Gasteiger partial charge on any atom is -0.496 e. The highest BCUT2D eigenvalue weighted by molar-refractivity contribution is 6.06. The van der Waals surface area contributed by atoms with E-state index >= 15 is 0 Å². The number of carbonyl (C=O) groups is 2. The molecule has 0 fully saturated rings. The molecule has 3 rings (SSSR count). The lowest BCUT2D eigenvalue weighted by Gasteiger charge is -2.10. The summed E-state index contributed by atoms with van der Waals surface area (Å²) in [5.41, 5.74) is 2.58. The summed E-state index contributed by atoms with van der Waals surface area (Å²) in [5, 5.41) is 2.79. The molecular weight excluding hydrogens is 342 g/mol. The Labute approximate surface area is 157 Å². The molecule has 0 saturated heterocycles. The molecule has 0 spiro atoms. The van der Waals surface area contributed by atoms with Crippen LogP contribution in [0.15, 0.2) is 72.8 Å². The van der Waals surface area contributed by atoms with Crippen molar-refractivity contribution in [2.45, 2.75) is 6.92 Å². The molecule has 5 nitrogen and oxygen atoms in total. The van der Waals surface area contributed by atoms with E-state index in [0.717, 1.165) is 5.56 Å². The minimum atomic E-state index is -0.430. The molecule has 3 aromatic carbocycles. The first-order valence-corrected chi connectivity index (χ1v) is 8.40. The number of benzene rings is 3. The van der Waals surface area contributed by atoms with Gasteiger partial charge in [-0.2, -0.15) is 0 Å². The van der Waals surface area contributed by atoms with E-state index in [1.54, 1.807) is 60.7 Å². The van der Waals surface area contributed by atoms with E-state index in [0.29, 0.717) is 28.3 Å². The molecule has 136 valence electrons. The first-order chi connectivity index (χ1) is 13.1. The lowest BCUT2D eigenvalue weighted by atomic mass is 10.1. The zero-order valence-electron chi connectivity index (χ0n) is 15.1. The van der Waals surface area contributed by atoms with Crippen molar-refractivity contribution < 1.29 is 19.1 Å². The average molecular weight is 361 g/mol. The summed E-state index contributed by atoms with van der Waals surface area (Å²) in [6.07, 6.45) is 0. The fourth-order valence-corrected chi connectivity index (χ4v) is 2.49. The summed E-state index contributed by atoms with van der Waals surface area (Å²) in [6.45, 7) is 1.95. The van der Waals surface area contributed by atoms with E-state index < -0.39 is 5.97 Å². The van der Waals surface area contributed by atoms with Gasteiger partial charge in [-0.25, -0.2) is 4.79 Å². The Bertz CT molecular complexity index is 947. The molecule has 5 heteroatoms. The first-order valence-electron chi connectivity index (χ1n) is 8.40.